The normalized spacial score (nSPS) is 15.8. The lowest BCUT2D eigenvalue weighted by molar-refractivity contribution is -0.114. The van der Waals surface area contributed by atoms with Crippen LogP contribution in [0.15, 0.2) is 133 Å². The topological polar surface area (TPSA) is 102 Å². The Morgan fingerprint density at radius 1 is 0.534 bits per heavy atom. The molecule has 0 unspecified atom stereocenters. The van der Waals surface area contributed by atoms with E-state index in [2.05, 4.69) is 89.2 Å². The van der Waals surface area contributed by atoms with Crippen LogP contribution in [-0.4, -0.2) is 25.8 Å². The molecule has 304 valence electrons. The fourth-order valence-corrected chi connectivity index (χ4v) is 7.82. The lowest BCUT2D eigenvalue weighted by atomic mass is 9.71. The van der Waals surface area contributed by atoms with E-state index >= 15 is 0 Å². The highest BCUT2D eigenvalue weighted by atomic mass is 32.1. The maximum Gasteiger partial charge on any atom is 0.186 e. The molecule has 0 radical (unpaired) electrons. The number of methoxy groups -OCH3 is 2. The van der Waals surface area contributed by atoms with E-state index in [1.807, 2.05) is 79.8 Å². The van der Waals surface area contributed by atoms with Gasteiger partial charge in [-0.25, -0.2) is 0 Å². The fraction of sp³-hybridized carbons (Fsp3) is 0.388. The molecule has 0 saturated heterocycles. The number of ether oxygens (including phenoxy) is 2. The molecule has 0 N–H and O–H groups in total. The van der Waals surface area contributed by atoms with Crippen LogP contribution in [0.5, 0.6) is 11.5 Å². The zero-order valence-electron chi connectivity index (χ0n) is 36.8. The van der Waals surface area contributed by atoms with Crippen molar-refractivity contribution in [1.82, 2.24) is 0 Å². The molecule has 58 heavy (non-hydrogen) atoms. The third kappa shape index (κ3) is 9.87. The molecule has 0 spiro atoms. The molecule has 5 rings (SSSR count). The van der Waals surface area contributed by atoms with Crippen LogP contribution in [0.25, 0.3) is 11.4 Å². The minimum absolute atomic E-state index is 0.0376. The number of nitrogens with zero attached hydrogens (tertiary/aromatic N) is 4. The highest BCUT2D eigenvalue weighted by Gasteiger charge is 2.37. The molecule has 0 saturated carbocycles. The first-order valence-corrected chi connectivity index (χ1v) is 20.4. The number of Topliss-reactive ketones (excluding diaryl/α,β-unsaturated/α-hetero) is 2. The molecular formula is C49H58N4O4S. The molecule has 0 amide bonds. The number of rotatable bonds is 8. The number of thiophene rings is 1. The smallest absolute Gasteiger partial charge is 0.186 e. The Morgan fingerprint density at radius 2 is 0.897 bits per heavy atom. The van der Waals surface area contributed by atoms with Crippen molar-refractivity contribution in [2.45, 2.75) is 90.0 Å². The van der Waals surface area contributed by atoms with Crippen molar-refractivity contribution >= 4 is 45.7 Å². The molecule has 0 bridgehead atoms. The molecule has 0 aliphatic heterocycles. The Balaban J connectivity index is 1.87. The zero-order valence-corrected chi connectivity index (χ0v) is 37.7. The summed E-state index contributed by atoms with van der Waals surface area (Å²) in [6, 6.07) is 17.0. The van der Waals surface area contributed by atoms with Gasteiger partial charge in [0.15, 0.2) is 11.6 Å². The Kier molecular flexibility index (Phi) is 12.5. The summed E-state index contributed by atoms with van der Waals surface area (Å²) >= 11 is 1.53. The van der Waals surface area contributed by atoms with Crippen LogP contribution in [0.2, 0.25) is 0 Å². The maximum atomic E-state index is 14.1. The van der Waals surface area contributed by atoms with E-state index in [9.17, 15) is 9.59 Å². The summed E-state index contributed by atoms with van der Waals surface area (Å²) in [7, 11) is 3.24. The van der Waals surface area contributed by atoms with Crippen molar-refractivity contribution in [2.24, 2.45) is 42.1 Å². The fourth-order valence-electron chi connectivity index (χ4n) is 6.64. The summed E-state index contributed by atoms with van der Waals surface area (Å²) in [5.41, 5.74) is 6.13. The van der Waals surface area contributed by atoms with E-state index in [0.717, 1.165) is 26.5 Å². The number of hydrogen-bond donors (Lipinski definition) is 0. The lowest BCUT2D eigenvalue weighted by Crippen LogP contribution is -2.28. The van der Waals surface area contributed by atoms with E-state index in [1.165, 1.54) is 11.3 Å². The number of carbonyl (C=O) groups is 2. The van der Waals surface area contributed by atoms with Crippen molar-refractivity contribution in [3.05, 3.63) is 128 Å². The molecule has 8 nitrogen and oxygen atoms in total. The van der Waals surface area contributed by atoms with Crippen LogP contribution in [0.3, 0.4) is 0 Å². The molecular weight excluding hydrogens is 741 g/mol. The van der Waals surface area contributed by atoms with Crippen molar-refractivity contribution in [1.29, 1.82) is 0 Å². The van der Waals surface area contributed by atoms with Gasteiger partial charge in [-0.05, 0) is 88.8 Å². The summed E-state index contributed by atoms with van der Waals surface area (Å²) in [5.74, 6) is 1.41. The van der Waals surface area contributed by atoms with Crippen LogP contribution < -0.4 is 9.47 Å². The standard InChI is InChI=1S/C49H58N4O4S/c1-29-22-40(41(52-50-32-18-16-20-34(27-32)56-14)30-23-36(46(2,3)4)43(54)37(24-30)47(5,6)7)58-45(29)42(53-51-33-19-17-21-35(28-33)57-15)31-25-38(48(8,9)10)44(55)39(26-31)49(11,12)13/h16-28H,1-15H3/b52-50+,53-51+. The molecule has 0 fully saturated rings. The molecule has 2 aromatic carbocycles. The van der Waals surface area contributed by atoms with E-state index in [1.54, 1.807) is 14.2 Å². The summed E-state index contributed by atoms with van der Waals surface area (Å²) in [6.07, 6.45) is 7.89. The van der Waals surface area contributed by atoms with Crippen LogP contribution in [-0.2, 0) is 9.59 Å². The number of ketones is 2. The predicted octanol–water partition coefficient (Wildman–Crippen LogP) is 14.1. The Morgan fingerprint density at radius 3 is 1.26 bits per heavy atom. The minimum atomic E-state index is -0.428. The van der Waals surface area contributed by atoms with Crippen LogP contribution >= 0.6 is 11.3 Å². The molecule has 0 atom stereocenters. The van der Waals surface area contributed by atoms with Gasteiger partial charge in [0, 0.05) is 45.6 Å². The van der Waals surface area contributed by atoms with Gasteiger partial charge < -0.3 is 9.47 Å². The van der Waals surface area contributed by atoms with Gasteiger partial charge in [-0.15, -0.1) is 21.6 Å². The summed E-state index contributed by atoms with van der Waals surface area (Å²) in [4.78, 5) is 29.8. The second-order valence-electron chi connectivity index (χ2n) is 18.9. The van der Waals surface area contributed by atoms with Gasteiger partial charge in [0.05, 0.1) is 35.3 Å². The highest BCUT2D eigenvalue weighted by molar-refractivity contribution is 7.14. The third-order valence-corrected chi connectivity index (χ3v) is 11.2. The second-order valence-corrected chi connectivity index (χ2v) is 20.0. The van der Waals surface area contributed by atoms with Crippen LogP contribution in [0.1, 0.15) is 98.4 Å². The maximum absolute atomic E-state index is 14.1. The quantitative estimate of drug-likeness (QED) is 0.212. The second kappa shape index (κ2) is 16.5. The number of hydrogen-bond acceptors (Lipinski definition) is 9. The molecule has 9 heteroatoms. The third-order valence-electron chi connectivity index (χ3n) is 9.96. The number of benzene rings is 2. The van der Waals surface area contributed by atoms with Crippen LogP contribution in [0.4, 0.5) is 11.4 Å². The minimum Gasteiger partial charge on any atom is -0.497 e. The number of carbonyl (C=O) groups excluding carboxylic acids is 2. The number of azo groups is 2. The first-order chi connectivity index (χ1) is 26.9. The van der Waals surface area contributed by atoms with Gasteiger partial charge in [-0.3, -0.25) is 9.59 Å². The van der Waals surface area contributed by atoms with Crippen LogP contribution in [0, 0.1) is 28.6 Å². The predicted molar refractivity (Wildman–Crippen MR) is 238 cm³/mol. The molecule has 3 aromatic rings. The van der Waals surface area contributed by atoms with E-state index < -0.39 is 21.7 Å². The van der Waals surface area contributed by atoms with E-state index in [4.69, 9.17) is 29.9 Å². The van der Waals surface area contributed by atoms with Gasteiger partial charge in [0.2, 0.25) is 0 Å². The number of allylic oxidation sites excluding steroid dienone is 10. The Hall–Kier alpha value is -5.28. The lowest BCUT2D eigenvalue weighted by Gasteiger charge is -2.31. The van der Waals surface area contributed by atoms with E-state index in [0.29, 0.717) is 56.6 Å². The van der Waals surface area contributed by atoms with Crippen molar-refractivity contribution < 1.29 is 19.1 Å². The van der Waals surface area contributed by atoms with Gasteiger partial charge in [-0.1, -0.05) is 95.2 Å². The average molecular weight is 799 g/mol. The van der Waals surface area contributed by atoms with Gasteiger partial charge in [0.25, 0.3) is 0 Å². The monoisotopic (exact) mass is 798 g/mol. The molecule has 2 aliphatic rings. The first kappa shape index (κ1) is 43.8. The molecule has 1 heterocycles. The molecule has 2 aliphatic carbocycles. The van der Waals surface area contributed by atoms with Gasteiger partial charge in [0.1, 0.15) is 22.9 Å². The summed E-state index contributed by atoms with van der Waals surface area (Å²) in [6.45, 7) is 26.8. The number of aryl methyl sites for hydroxylation is 1. The zero-order chi connectivity index (χ0) is 43.0. The van der Waals surface area contributed by atoms with Crippen molar-refractivity contribution in [3.63, 3.8) is 0 Å². The average Bonchev–Trinajstić information content (AvgIpc) is 3.51. The molecule has 1 aromatic heterocycles. The Labute approximate surface area is 349 Å². The summed E-state index contributed by atoms with van der Waals surface area (Å²) < 4.78 is 11.0. The van der Waals surface area contributed by atoms with Gasteiger partial charge in [-0.2, -0.15) is 10.2 Å². The first-order valence-electron chi connectivity index (χ1n) is 19.6. The Bertz CT molecular complexity index is 2310. The van der Waals surface area contributed by atoms with E-state index in [-0.39, 0.29) is 11.6 Å². The van der Waals surface area contributed by atoms with Crippen molar-refractivity contribution in [3.8, 4) is 11.5 Å². The highest BCUT2D eigenvalue weighted by Crippen LogP contribution is 2.46. The van der Waals surface area contributed by atoms with Gasteiger partial charge >= 0.3 is 0 Å². The summed E-state index contributed by atoms with van der Waals surface area (Å²) in [5, 5.41) is 19.4. The SMILES string of the molecule is COc1cccc(/N=N/C(=C2C=C(C(C)(C)C)C(=O)C(C(C)(C)C)=C2)c2cc(C)c(C(/N=N/c3cccc(OC)c3)=C3C=C(C(C)(C)C)C(=O)C(C(C)(C)C)=C3)s2)c1. The largest absolute Gasteiger partial charge is 0.497 e. The van der Waals surface area contributed by atoms with Crippen molar-refractivity contribution in [2.75, 3.05) is 14.2 Å².